The van der Waals surface area contributed by atoms with Gasteiger partial charge in [0.1, 0.15) is 11.9 Å². The molecule has 0 bridgehead atoms. The summed E-state index contributed by atoms with van der Waals surface area (Å²) in [5.41, 5.74) is -0.0925. The molecule has 8 heteroatoms. The van der Waals surface area contributed by atoms with Crippen molar-refractivity contribution in [2.24, 2.45) is 11.8 Å². The number of halogens is 1. The number of amides is 2. The van der Waals surface area contributed by atoms with Crippen molar-refractivity contribution in [3.8, 4) is 5.75 Å². The second-order valence-electron chi connectivity index (χ2n) is 9.22. The van der Waals surface area contributed by atoms with Gasteiger partial charge in [0.15, 0.2) is 0 Å². The average molecular weight is 502 g/mol. The normalized spacial score (nSPS) is 24.0. The van der Waals surface area contributed by atoms with Crippen molar-refractivity contribution in [2.45, 2.75) is 18.6 Å². The summed E-state index contributed by atoms with van der Waals surface area (Å²) in [5.74, 6) is -4.53. The van der Waals surface area contributed by atoms with E-state index < -0.39 is 46.9 Å². The molecule has 3 aromatic rings. The first-order valence-corrected chi connectivity index (χ1v) is 11.8. The van der Waals surface area contributed by atoms with E-state index in [0.717, 1.165) is 10.5 Å². The molecule has 2 aliphatic heterocycles. The third-order valence-electron chi connectivity index (χ3n) is 7.31. The lowest BCUT2D eigenvalue weighted by atomic mass is 9.77. The Bertz CT molecular complexity index is 1440. The van der Waals surface area contributed by atoms with E-state index in [4.69, 9.17) is 21.1 Å². The maximum atomic E-state index is 13.9. The van der Waals surface area contributed by atoms with Gasteiger partial charge in [-0.15, -0.1) is 0 Å². The molecule has 2 amide bonds. The van der Waals surface area contributed by atoms with Crippen LogP contribution in [0.5, 0.6) is 5.75 Å². The number of ether oxygens (including phenoxy) is 2. The summed E-state index contributed by atoms with van der Waals surface area (Å²) >= 11 is 6.27. The minimum atomic E-state index is -2.15. The molecular formula is C28H20ClNO6. The van der Waals surface area contributed by atoms with Crippen LogP contribution in [0.15, 0.2) is 66.7 Å². The van der Waals surface area contributed by atoms with E-state index in [1.54, 1.807) is 54.6 Å². The van der Waals surface area contributed by atoms with Crippen molar-refractivity contribution in [2.75, 3.05) is 12.0 Å². The first kappa shape index (κ1) is 22.6. The quantitative estimate of drug-likeness (QED) is 0.391. The summed E-state index contributed by atoms with van der Waals surface area (Å²) in [4.78, 5) is 56.6. The molecule has 0 radical (unpaired) electrons. The molecule has 3 atom stereocenters. The molecule has 7 nitrogen and oxygen atoms in total. The maximum absolute atomic E-state index is 13.9. The van der Waals surface area contributed by atoms with Crippen molar-refractivity contribution in [3.63, 3.8) is 0 Å². The lowest BCUT2D eigenvalue weighted by Gasteiger charge is -2.27. The molecule has 0 unspecified atom stereocenters. The summed E-state index contributed by atoms with van der Waals surface area (Å²) in [6, 6.07) is 18.1. The Morgan fingerprint density at radius 1 is 0.889 bits per heavy atom. The van der Waals surface area contributed by atoms with Crippen LogP contribution in [0.25, 0.3) is 0 Å². The molecule has 3 aromatic carbocycles. The van der Waals surface area contributed by atoms with Crippen molar-refractivity contribution < 1.29 is 28.7 Å². The number of carbonyl (C=O) groups excluding carboxylic acids is 4. The standard InChI is InChI=1S/C28H20ClNO6/c1-14-7-10-16(11-8-14)30-26(33)21-22(27(30)34)28(24(31)17-5-3-4-6-18(17)25(28)32)36-23(21)19-13-15(29)9-12-20(19)35-2/h3-13,21-23H,1-2H3/t21-,22-,23+/m0/s1. The van der Waals surface area contributed by atoms with E-state index in [2.05, 4.69) is 0 Å². The number of aryl methyl sites for hydroxylation is 1. The predicted molar refractivity (Wildman–Crippen MR) is 130 cm³/mol. The highest BCUT2D eigenvalue weighted by atomic mass is 35.5. The molecule has 1 spiro atoms. The smallest absolute Gasteiger partial charge is 0.241 e. The topological polar surface area (TPSA) is 90.0 Å². The van der Waals surface area contributed by atoms with E-state index in [1.165, 1.54) is 19.2 Å². The van der Waals surface area contributed by atoms with Crippen LogP contribution in [0.3, 0.4) is 0 Å². The van der Waals surface area contributed by atoms with Crippen LogP contribution in [-0.2, 0) is 14.3 Å². The van der Waals surface area contributed by atoms with Crippen LogP contribution in [0.1, 0.15) is 37.9 Å². The first-order chi connectivity index (χ1) is 17.3. The number of nitrogens with zero attached hydrogens (tertiary/aromatic N) is 1. The van der Waals surface area contributed by atoms with Gasteiger partial charge < -0.3 is 9.47 Å². The lowest BCUT2D eigenvalue weighted by Crippen LogP contribution is -2.51. The van der Waals surface area contributed by atoms with Gasteiger partial charge in [-0.05, 0) is 37.3 Å². The number of fused-ring (bicyclic) bond motifs is 3. The number of rotatable bonds is 3. The Kier molecular flexibility index (Phi) is 4.94. The zero-order chi connectivity index (χ0) is 25.4. The van der Waals surface area contributed by atoms with Crippen LogP contribution in [-0.4, -0.2) is 36.1 Å². The molecule has 1 aliphatic carbocycles. The first-order valence-electron chi connectivity index (χ1n) is 11.4. The number of anilines is 1. The molecule has 0 N–H and O–H groups in total. The maximum Gasteiger partial charge on any atom is 0.241 e. The van der Waals surface area contributed by atoms with Gasteiger partial charge >= 0.3 is 0 Å². The zero-order valence-corrected chi connectivity index (χ0v) is 20.1. The molecule has 2 fully saturated rings. The van der Waals surface area contributed by atoms with Crippen LogP contribution in [0.2, 0.25) is 5.02 Å². The van der Waals surface area contributed by atoms with Gasteiger partial charge in [-0.3, -0.25) is 19.2 Å². The van der Waals surface area contributed by atoms with E-state index in [9.17, 15) is 19.2 Å². The monoisotopic (exact) mass is 501 g/mol. The van der Waals surface area contributed by atoms with Crippen molar-refractivity contribution in [1.82, 2.24) is 0 Å². The third kappa shape index (κ3) is 2.84. The summed E-state index contributed by atoms with van der Waals surface area (Å²) in [5, 5.41) is 0.353. The lowest BCUT2D eigenvalue weighted by molar-refractivity contribution is -0.127. The second kappa shape index (κ2) is 7.85. The number of ketones is 2. The van der Waals surface area contributed by atoms with Crippen molar-refractivity contribution in [3.05, 3.63) is 94.0 Å². The van der Waals surface area contributed by atoms with E-state index in [0.29, 0.717) is 22.0 Å². The highest BCUT2D eigenvalue weighted by Gasteiger charge is 2.75. The highest BCUT2D eigenvalue weighted by Crippen LogP contribution is 2.58. The number of hydrogen-bond donors (Lipinski definition) is 0. The van der Waals surface area contributed by atoms with Gasteiger partial charge in [0, 0.05) is 21.7 Å². The number of imide groups is 1. The molecule has 2 saturated heterocycles. The Morgan fingerprint density at radius 3 is 2.14 bits per heavy atom. The second-order valence-corrected chi connectivity index (χ2v) is 9.65. The zero-order valence-electron chi connectivity index (χ0n) is 19.4. The van der Waals surface area contributed by atoms with E-state index in [1.807, 2.05) is 6.92 Å². The minimum absolute atomic E-state index is 0.175. The summed E-state index contributed by atoms with van der Waals surface area (Å²) < 4.78 is 11.8. The molecule has 36 heavy (non-hydrogen) atoms. The van der Waals surface area contributed by atoms with Gasteiger partial charge in [0.25, 0.3) is 0 Å². The number of Topliss-reactive ketones (excluding diaryl/α,β-unsaturated/α-hetero) is 2. The Hall–Kier alpha value is -3.81. The van der Waals surface area contributed by atoms with Gasteiger partial charge in [-0.25, -0.2) is 4.90 Å². The van der Waals surface area contributed by atoms with Crippen LogP contribution < -0.4 is 9.64 Å². The fourth-order valence-corrected chi connectivity index (χ4v) is 5.86. The third-order valence-corrected chi connectivity index (χ3v) is 7.54. The van der Waals surface area contributed by atoms with E-state index in [-0.39, 0.29) is 11.1 Å². The fourth-order valence-electron chi connectivity index (χ4n) is 5.68. The molecule has 0 saturated carbocycles. The van der Waals surface area contributed by atoms with Crippen LogP contribution in [0, 0.1) is 18.8 Å². The SMILES string of the molecule is COc1ccc(Cl)cc1[C@H]1OC2(C(=O)c3ccccc3C2=O)[C@@H]2C(=O)N(c3ccc(C)cc3)C(=O)[C@H]12. The molecule has 2 heterocycles. The molecule has 0 aromatic heterocycles. The van der Waals surface area contributed by atoms with Gasteiger partial charge in [-0.2, -0.15) is 0 Å². The van der Waals surface area contributed by atoms with Crippen LogP contribution in [0.4, 0.5) is 5.69 Å². The predicted octanol–water partition coefficient (Wildman–Crippen LogP) is 4.35. The van der Waals surface area contributed by atoms with Gasteiger partial charge in [0.2, 0.25) is 29.0 Å². The molecular weight excluding hydrogens is 482 g/mol. The fraction of sp³-hybridized carbons (Fsp3) is 0.214. The van der Waals surface area contributed by atoms with Crippen molar-refractivity contribution in [1.29, 1.82) is 0 Å². The molecule has 6 rings (SSSR count). The number of benzene rings is 3. The van der Waals surface area contributed by atoms with E-state index >= 15 is 0 Å². The summed E-state index contributed by atoms with van der Waals surface area (Å²) in [6.07, 6.45) is -1.11. The largest absolute Gasteiger partial charge is 0.496 e. The van der Waals surface area contributed by atoms with Gasteiger partial charge in [-0.1, -0.05) is 53.6 Å². The van der Waals surface area contributed by atoms with Gasteiger partial charge in [0.05, 0.1) is 24.6 Å². The molecule has 180 valence electrons. The Balaban J connectivity index is 1.57. The minimum Gasteiger partial charge on any atom is -0.496 e. The molecule has 3 aliphatic rings. The summed E-state index contributed by atoms with van der Waals surface area (Å²) in [7, 11) is 1.46. The van der Waals surface area contributed by atoms with Crippen molar-refractivity contribution >= 4 is 40.7 Å². The summed E-state index contributed by atoms with van der Waals surface area (Å²) in [6.45, 7) is 1.89. The Morgan fingerprint density at radius 2 is 1.53 bits per heavy atom. The number of carbonyl (C=O) groups is 4. The number of hydrogen-bond acceptors (Lipinski definition) is 6. The Labute approximate surface area is 211 Å². The number of methoxy groups -OCH3 is 1. The highest BCUT2D eigenvalue weighted by molar-refractivity contribution is 6.37. The average Bonchev–Trinajstić information content (AvgIpc) is 3.45. The van der Waals surface area contributed by atoms with Crippen LogP contribution >= 0.6 is 11.6 Å².